The predicted molar refractivity (Wildman–Crippen MR) is 124 cm³/mol. The smallest absolute Gasteiger partial charge is 0.272 e. The number of benzene rings is 2. The van der Waals surface area contributed by atoms with Crippen LogP contribution in [0.25, 0.3) is 5.69 Å². The summed E-state index contributed by atoms with van der Waals surface area (Å²) in [5.74, 6) is 0.253. The van der Waals surface area contributed by atoms with E-state index in [1.165, 1.54) is 0 Å². The van der Waals surface area contributed by atoms with Crippen LogP contribution in [-0.2, 0) is 0 Å². The van der Waals surface area contributed by atoms with E-state index in [-0.39, 0.29) is 11.8 Å². The standard InChI is InChI=1S/C24H22Cl2N4O2/c25-18-12-17(13-19(26)14-18)23(31)28-8-10-29(11-9-28)24(32)22-15-21(16-6-7-16)27-30(22)20-4-2-1-3-5-20/h1-5,12-16H,6-11H2. The monoisotopic (exact) mass is 468 g/mol. The summed E-state index contributed by atoms with van der Waals surface area (Å²) >= 11 is 12.1. The molecule has 8 heteroatoms. The highest BCUT2D eigenvalue weighted by Crippen LogP contribution is 2.40. The van der Waals surface area contributed by atoms with Gasteiger partial charge in [-0.2, -0.15) is 5.10 Å². The Balaban J connectivity index is 1.32. The lowest BCUT2D eigenvalue weighted by Crippen LogP contribution is -2.50. The molecular formula is C24H22Cl2N4O2. The molecule has 0 spiro atoms. The van der Waals surface area contributed by atoms with Crippen LogP contribution in [0.5, 0.6) is 0 Å². The highest BCUT2D eigenvalue weighted by atomic mass is 35.5. The summed E-state index contributed by atoms with van der Waals surface area (Å²) in [5.41, 5.74) is 2.87. The Morgan fingerprint density at radius 1 is 0.812 bits per heavy atom. The van der Waals surface area contributed by atoms with Crippen molar-refractivity contribution in [3.63, 3.8) is 0 Å². The average Bonchev–Trinajstić information content (AvgIpc) is 3.56. The summed E-state index contributed by atoms with van der Waals surface area (Å²) in [7, 11) is 0. The van der Waals surface area contributed by atoms with Crippen LogP contribution in [0.2, 0.25) is 10.0 Å². The second kappa shape index (κ2) is 8.60. The van der Waals surface area contributed by atoms with E-state index in [1.807, 2.05) is 36.4 Å². The Morgan fingerprint density at radius 2 is 1.41 bits per heavy atom. The van der Waals surface area contributed by atoms with Crippen LogP contribution in [0.15, 0.2) is 54.6 Å². The van der Waals surface area contributed by atoms with Gasteiger partial charge in [0.1, 0.15) is 5.69 Å². The molecule has 2 heterocycles. The van der Waals surface area contributed by atoms with Crippen LogP contribution in [0.1, 0.15) is 45.3 Å². The zero-order chi connectivity index (χ0) is 22.2. The molecule has 164 valence electrons. The SMILES string of the molecule is O=C(c1cc(Cl)cc(Cl)c1)N1CCN(C(=O)c2cc(C3CC3)nn2-c2ccccc2)CC1. The Labute approximate surface area is 196 Å². The fraction of sp³-hybridized carbons (Fsp3) is 0.292. The minimum Gasteiger partial charge on any atom is -0.335 e. The molecule has 0 N–H and O–H groups in total. The number of aromatic nitrogens is 2. The predicted octanol–water partition coefficient (Wildman–Crippen LogP) is 4.65. The van der Waals surface area contributed by atoms with Crippen molar-refractivity contribution in [3.05, 3.63) is 81.6 Å². The highest BCUT2D eigenvalue weighted by molar-refractivity contribution is 6.35. The first kappa shape index (κ1) is 21.0. The van der Waals surface area contributed by atoms with Gasteiger partial charge in [0.2, 0.25) is 0 Å². The van der Waals surface area contributed by atoms with E-state index in [2.05, 4.69) is 0 Å². The number of carbonyl (C=O) groups excluding carboxylic acids is 2. The van der Waals surface area contributed by atoms with E-state index in [0.717, 1.165) is 24.2 Å². The van der Waals surface area contributed by atoms with Crippen molar-refractivity contribution in [1.82, 2.24) is 19.6 Å². The van der Waals surface area contributed by atoms with Gasteiger partial charge in [-0.05, 0) is 49.2 Å². The van der Waals surface area contributed by atoms with Crippen LogP contribution in [0, 0.1) is 0 Å². The van der Waals surface area contributed by atoms with Crippen molar-refractivity contribution in [2.75, 3.05) is 26.2 Å². The molecule has 2 aliphatic rings. The molecule has 32 heavy (non-hydrogen) atoms. The van der Waals surface area contributed by atoms with Crippen molar-refractivity contribution in [3.8, 4) is 5.69 Å². The number of hydrogen-bond donors (Lipinski definition) is 0. The molecule has 1 aliphatic heterocycles. The fourth-order valence-electron chi connectivity index (χ4n) is 4.03. The second-order valence-electron chi connectivity index (χ2n) is 8.22. The average molecular weight is 469 g/mol. The molecule has 1 saturated heterocycles. The van der Waals surface area contributed by atoms with Gasteiger partial charge in [-0.25, -0.2) is 4.68 Å². The number of piperazine rings is 1. The van der Waals surface area contributed by atoms with Crippen molar-refractivity contribution in [2.45, 2.75) is 18.8 Å². The zero-order valence-electron chi connectivity index (χ0n) is 17.4. The molecule has 2 aromatic carbocycles. The van der Waals surface area contributed by atoms with Crippen molar-refractivity contribution in [1.29, 1.82) is 0 Å². The molecule has 0 unspecified atom stereocenters. The first-order valence-corrected chi connectivity index (χ1v) is 11.5. The first-order valence-electron chi connectivity index (χ1n) is 10.7. The van der Waals surface area contributed by atoms with Crippen LogP contribution in [-0.4, -0.2) is 57.6 Å². The summed E-state index contributed by atoms with van der Waals surface area (Å²) in [4.78, 5) is 29.8. The van der Waals surface area contributed by atoms with E-state index in [1.54, 1.807) is 32.7 Å². The van der Waals surface area contributed by atoms with E-state index >= 15 is 0 Å². The third kappa shape index (κ3) is 4.25. The zero-order valence-corrected chi connectivity index (χ0v) is 18.9. The van der Waals surface area contributed by atoms with Crippen LogP contribution in [0.3, 0.4) is 0 Å². The lowest BCUT2D eigenvalue weighted by Gasteiger charge is -2.34. The number of amides is 2. The largest absolute Gasteiger partial charge is 0.335 e. The van der Waals surface area contributed by atoms with Gasteiger partial charge in [-0.1, -0.05) is 41.4 Å². The highest BCUT2D eigenvalue weighted by Gasteiger charge is 2.32. The van der Waals surface area contributed by atoms with E-state index < -0.39 is 0 Å². The molecule has 6 nitrogen and oxygen atoms in total. The maximum absolute atomic E-state index is 13.4. The number of halogens is 2. The topological polar surface area (TPSA) is 58.4 Å². The lowest BCUT2D eigenvalue weighted by atomic mass is 10.1. The van der Waals surface area contributed by atoms with Gasteiger partial charge in [0, 0.05) is 47.7 Å². The fourth-order valence-corrected chi connectivity index (χ4v) is 4.56. The summed E-state index contributed by atoms with van der Waals surface area (Å²) in [5, 5.41) is 5.59. The molecule has 1 aliphatic carbocycles. The Hall–Kier alpha value is -2.83. The number of nitrogens with zero attached hydrogens (tertiary/aromatic N) is 4. The molecule has 0 bridgehead atoms. The minimum absolute atomic E-state index is 0.0637. The van der Waals surface area contributed by atoms with Gasteiger partial charge in [-0.3, -0.25) is 9.59 Å². The van der Waals surface area contributed by atoms with Crippen LogP contribution < -0.4 is 0 Å². The molecule has 2 fully saturated rings. The number of rotatable bonds is 4. The molecule has 5 rings (SSSR count). The van der Waals surface area contributed by atoms with Crippen LogP contribution in [0.4, 0.5) is 0 Å². The molecule has 2 amide bonds. The molecule has 0 atom stereocenters. The number of carbonyl (C=O) groups is 2. The van der Waals surface area contributed by atoms with Gasteiger partial charge < -0.3 is 9.80 Å². The maximum atomic E-state index is 13.4. The van der Waals surface area contributed by atoms with Gasteiger partial charge >= 0.3 is 0 Å². The molecule has 3 aromatic rings. The maximum Gasteiger partial charge on any atom is 0.272 e. The quantitative estimate of drug-likeness (QED) is 0.559. The molecule has 1 saturated carbocycles. The summed E-state index contributed by atoms with van der Waals surface area (Å²) in [6, 6.07) is 16.5. The van der Waals surface area contributed by atoms with Crippen molar-refractivity contribution < 1.29 is 9.59 Å². The van der Waals surface area contributed by atoms with E-state index in [4.69, 9.17) is 28.3 Å². The lowest BCUT2D eigenvalue weighted by molar-refractivity contribution is 0.0530. The normalized spacial score (nSPS) is 16.3. The number of hydrogen-bond acceptors (Lipinski definition) is 3. The molecule has 1 aromatic heterocycles. The summed E-state index contributed by atoms with van der Waals surface area (Å²) in [6.07, 6.45) is 2.24. The first-order chi connectivity index (χ1) is 15.5. The van der Waals surface area contributed by atoms with E-state index in [0.29, 0.717) is 53.4 Å². The summed E-state index contributed by atoms with van der Waals surface area (Å²) in [6.45, 7) is 1.81. The van der Waals surface area contributed by atoms with Crippen LogP contribution >= 0.6 is 23.2 Å². The Kier molecular flexibility index (Phi) is 5.66. The van der Waals surface area contributed by atoms with Crippen molar-refractivity contribution >= 4 is 35.0 Å². The Bertz CT molecular complexity index is 1150. The Morgan fingerprint density at radius 3 is 2.00 bits per heavy atom. The van der Waals surface area contributed by atoms with Crippen molar-refractivity contribution in [2.24, 2.45) is 0 Å². The minimum atomic E-state index is -0.133. The summed E-state index contributed by atoms with van der Waals surface area (Å²) < 4.78 is 1.75. The molecule has 0 radical (unpaired) electrons. The molecular weight excluding hydrogens is 447 g/mol. The van der Waals surface area contributed by atoms with Gasteiger partial charge in [-0.15, -0.1) is 0 Å². The van der Waals surface area contributed by atoms with E-state index in [9.17, 15) is 9.59 Å². The van der Waals surface area contributed by atoms with Gasteiger partial charge in [0.25, 0.3) is 11.8 Å². The second-order valence-corrected chi connectivity index (χ2v) is 9.09. The third-order valence-electron chi connectivity index (χ3n) is 5.91. The third-order valence-corrected chi connectivity index (χ3v) is 6.34. The number of para-hydroxylation sites is 1. The van der Waals surface area contributed by atoms with Gasteiger partial charge in [0.15, 0.2) is 0 Å². The van der Waals surface area contributed by atoms with Gasteiger partial charge in [0.05, 0.1) is 11.4 Å².